The zero-order valence-electron chi connectivity index (χ0n) is 18.1. The molecule has 6 heteroatoms. The summed E-state index contributed by atoms with van der Waals surface area (Å²) in [6, 6.07) is 20.3. The van der Waals surface area contributed by atoms with Crippen molar-refractivity contribution in [2.24, 2.45) is 11.8 Å². The van der Waals surface area contributed by atoms with Crippen LogP contribution >= 0.6 is 15.9 Å². The quantitative estimate of drug-likeness (QED) is 0.540. The summed E-state index contributed by atoms with van der Waals surface area (Å²) in [7, 11) is 0. The van der Waals surface area contributed by atoms with Crippen molar-refractivity contribution in [2.75, 3.05) is 13.2 Å². The SMILES string of the molecule is O[C@@H]1C[C@@H]2CC3(C[C@@H]2[C@H]1Br)O[C@@H](COCc1ccccc1)[C@H](COCc1ccccc1)O3. The van der Waals surface area contributed by atoms with Crippen LogP contribution in [-0.4, -0.2) is 47.2 Å². The average Bonchev–Trinajstić information content (AvgIpc) is 3.41. The van der Waals surface area contributed by atoms with E-state index in [9.17, 15) is 5.11 Å². The van der Waals surface area contributed by atoms with Gasteiger partial charge in [0.2, 0.25) is 0 Å². The van der Waals surface area contributed by atoms with E-state index in [1.807, 2.05) is 36.4 Å². The molecule has 0 aromatic heterocycles. The predicted octanol–water partition coefficient (Wildman–Crippen LogP) is 4.45. The number of ether oxygens (including phenoxy) is 4. The second kappa shape index (κ2) is 9.92. The van der Waals surface area contributed by atoms with Crippen LogP contribution in [0.2, 0.25) is 0 Å². The van der Waals surface area contributed by atoms with Crippen LogP contribution in [0.25, 0.3) is 0 Å². The van der Waals surface area contributed by atoms with Crippen molar-refractivity contribution >= 4 is 15.9 Å². The first-order chi connectivity index (χ1) is 15.6. The first kappa shape index (κ1) is 22.5. The summed E-state index contributed by atoms with van der Waals surface area (Å²) in [6.07, 6.45) is 1.80. The number of alkyl halides is 1. The Labute approximate surface area is 198 Å². The largest absolute Gasteiger partial charge is 0.392 e. The number of aliphatic hydroxyl groups excluding tert-OH is 1. The summed E-state index contributed by atoms with van der Waals surface area (Å²) in [4.78, 5) is 0.111. The highest BCUT2D eigenvalue weighted by Gasteiger charge is 2.59. The molecule has 5 rings (SSSR count). The molecule has 32 heavy (non-hydrogen) atoms. The van der Waals surface area contributed by atoms with Crippen molar-refractivity contribution in [3.63, 3.8) is 0 Å². The van der Waals surface area contributed by atoms with Crippen LogP contribution < -0.4 is 0 Å². The van der Waals surface area contributed by atoms with E-state index in [0.717, 1.165) is 30.4 Å². The van der Waals surface area contributed by atoms with Crippen molar-refractivity contribution in [1.29, 1.82) is 0 Å². The third-order valence-corrected chi connectivity index (χ3v) is 8.27. The lowest BCUT2D eigenvalue weighted by Crippen LogP contribution is -2.31. The highest BCUT2D eigenvalue weighted by molar-refractivity contribution is 9.09. The maximum atomic E-state index is 10.2. The van der Waals surface area contributed by atoms with Gasteiger partial charge >= 0.3 is 0 Å². The number of hydrogen-bond donors (Lipinski definition) is 1. The molecule has 1 saturated heterocycles. The number of aliphatic hydroxyl groups is 1. The Morgan fingerprint density at radius 2 is 1.38 bits per heavy atom. The van der Waals surface area contributed by atoms with E-state index >= 15 is 0 Å². The Bertz CT molecular complexity index is 810. The van der Waals surface area contributed by atoms with Crippen LogP contribution in [-0.2, 0) is 32.2 Å². The molecule has 2 aromatic rings. The molecule has 3 aliphatic rings. The highest BCUT2D eigenvalue weighted by Crippen LogP contribution is 2.55. The molecular weight excluding hydrogens is 472 g/mol. The topological polar surface area (TPSA) is 57.2 Å². The lowest BCUT2D eigenvalue weighted by molar-refractivity contribution is -0.181. The van der Waals surface area contributed by atoms with Crippen LogP contribution in [0.3, 0.4) is 0 Å². The van der Waals surface area contributed by atoms with Gasteiger partial charge in [-0.2, -0.15) is 0 Å². The van der Waals surface area contributed by atoms with Crippen molar-refractivity contribution in [3.05, 3.63) is 71.8 Å². The summed E-state index contributed by atoms with van der Waals surface area (Å²) in [5, 5.41) is 10.2. The van der Waals surface area contributed by atoms with Gasteiger partial charge in [-0.05, 0) is 29.4 Å². The summed E-state index contributed by atoms with van der Waals surface area (Å²) >= 11 is 3.70. The predicted molar refractivity (Wildman–Crippen MR) is 124 cm³/mol. The van der Waals surface area contributed by atoms with Gasteiger partial charge < -0.3 is 24.1 Å². The fraction of sp³-hybridized carbons (Fsp3) is 0.538. The first-order valence-electron chi connectivity index (χ1n) is 11.5. The van der Waals surface area contributed by atoms with Crippen molar-refractivity contribution in [3.8, 4) is 0 Å². The molecule has 6 atom stereocenters. The molecule has 1 spiro atoms. The maximum Gasteiger partial charge on any atom is 0.170 e. The van der Waals surface area contributed by atoms with Crippen LogP contribution in [0.5, 0.6) is 0 Å². The molecule has 1 N–H and O–H groups in total. The minimum atomic E-state index is -0.594. The summed E-state index contributed by atoms with van der Waals surface area (Å²) in [5.41, 5.74) is 2.29. The zero-order valence-corrected chi connectivity index (χ0v) is 19.7. The Morgan fingerprint density at radius 1 is 0.844 bits per heavy atom. The lowest BCUT2D eigenvalue weighted by atomic mass is 10.0. The third-order valence-electron chi connectivity index (χ3n) is 6.98. The van der Waals surface area contributed by atoms with Gasteiger partial charge in [-0.3, -0.25) is 0 Å². The van der Waals surface area contributed by atoms with E-state index in [-0.39, 0.29) is 23.1 Å². The highest BCUT2D eigenvalue weighted by atomic mass is 79.9. The molecule has 3 fully saturated rings. The molecule has 2 aliphatic carbocycles. The Kier molecular flexibility index (Phi) is 6.98. The van der Waals surface area contributed by atoms with Gasteiger partial charge in [0.15, 0.2) is 5.79 Å². The smallest absolute Gasteiger partial charge is 0.170 e. The van der Waals surface area contributed by atoms with Crippen molar-refractivity contribution in [1.82, 2.24) is 0 Å². The summed E-state index contributed by atoms with van der Waals surface area (Å²) in [6.45, 7) is 2.02. The maximum absolute atomic E-state index is 10.2. The Morgan fingerprint density at radius 3 is 1.88 bits per heavy atom. The van der Waals surface area contributed by atoms with Gasteiger partial charge in [0.25, 0.3) is 0 Å². The standard InChI is InChI=1S/C26H31BrO5/c27-25-21-13-26(12-20(21)11-22(25)28)31-23(16-29-14-18-7-3-1-4-8-18)24(32-26)17-30-15-19-9-5-2-6-10-19/h1-10,20-25,28H,11-17H2/t20-,21+,22-,23+,24+,25-/m1/s1. The monoisotopic (exact) mass is 502 g/mol. The van der Waals surface area contributed by atoms with Gasteiger partial charge in [-0.25, -0.2) is 0 Å². The van der Waals surface area contributed by atoms with Gasteiger partial charge in [0.05, 0.1) is 32.5 Å². The molecule has 5 nitrogen and oxygen atoms in total. The average molecular weight is 503 g/mol. The number of rotatable bonds is 8. The Hall–Kier alpha value is -1.28. The number of benzene rings is 2. The van der Waals surface area contributed by atoms with E-state index in [4.69, 9.17) is 18.9 Å². The van der Waals surface area contributed by atoms with Crippen molar-refractivity contribution < 1.29 is 24.1 Å². The normalized spacial score (nSPS) is 33.1. The molecular formula is C26H31BrO5. The molecule has 2 aromatic carbocycles. The number of halogens is 1. The molecule has 0 unspecified atom stereocenters. The summed E-state index contributed by atoms with van der Waals surface area (Å²) < 4.78 is 25.2. The van der Waals surface area contributed by atoms with E-state index in [0.29, 0.717) is 38.3 Å². The fourth-order valence-electron chi connectivity index (χ4n) is 5.46. The minimum Gasteiger partial charge on any atom is -0.392 e. The van der Waals surface area contributed by atoms with Crippen LogP contribution in [0.4, 0.5) is 0 Å². The van der Waals surface area contributed by atoms with Crippen LogP contribution in [0, 0.1) is 11.8 Å². The number of fused-ring (bicyclic) bond motifs is 1. The molecule has 1 heterocycles. The fourth-order valence-corrected chi connectivity index (χ4v) is 6.29. The van der Waals surface area contributed by atoms with Gasteiger partial charge in [-0.1, -0.05) is 76.6 Å². The third kappa shape index (κ3) is 4.96. The summed E-state index contributed by atoms with van der Waals surface area (Å²) in [5.74, 6) is 0.201. The van der Waals surface area contributed by atoms with E-state index in [2.05, 4.69) is 40.2 Å². The molecule has 0 amide bonds. The molecule has 1 aliphatic heterocycles. The van der Waals surface area contributed by atoms with Gasteiger partial charge in [0.1, 0.15) is 12.2 Å². The van der Waals surface area contributed by atoms with Crippen LogP contribution in [0.1, 0.15) is 30.4 Å². The van der Waals surface area contributed by atoms with Crippen molar-refractivity contribution in [2.45, 2.75) is 61.4 Å². The minimum absolute atomic E-state index is 0.111. The Balaban J connectivity index is 1.21. The van der Waals surface area contributed by atoms with Crippen LogP contribution in [0.15, 0.2) is 60.7 Å². The lowest BCUT2D eigenvalue weighted by Gasteiger charge is -2.25. The van der Waals surface area contributed by atoms with Gasteiger partial charge in [-0.15, -0.1) is 0 Å². The number of hydrogen-bond acceptors (Lipinski definition) is 5. The van der Waals surface area contributed by atoms with Gasteiger partial charge in [0, 0.05) is 17.7 Å². The molecule has 0 radical (unpaired) electrons. The molecule has 0 bridgehead atoms. The first-order valence-corrected chi connectivity index (χ1v) is 12.4. The van der Waals surface area contributed by atoms with E-state index in [1.54, 1.807) is 0 Å². The molecule has 172 valence electrons. The molecule has 2 saturated carbocycles. The van der Waals surface area contributed by atoms with E-state index < -0.39 is 5.79 Å². The zero-order chi connectivity index (χ0) is 22.0. The second-order valence-corrected chi connectivity index (χ2v) is 10.4. The van der Waals surface area contributed by atoms with E-state index in [1.165, 1.54) is 0 Å². The second-order valence-electron chi connectivity index (χ2n) is 9.30.